The zero-order valence-corrected chi connectivity index (χ0v) is 11.6. The fraction of sp³-hybridized carbons (Fsp3) is 0.467. The predicted octanol–water partition coefficient (Wildman–Crippen LogP) is 2.41. The summed E-state index contributed by atoms with van der Waals surface area (Å²) in [6.45, 7) is 5.48. The van der Waals surface area contributed by atoms with Crippen LogP contribution in [0.1, 0.15) is 38.7 Å². The number of hydrogen-bond donors (Lipinski definition) is 2. The molecule has 0 radical (unpaired) electrons. The van der Waals surface area contributed by atoms with Crippen molar-refractivity contribution < 1.29 is 14.7 Å². The van der Waals surface area contributed by atoms with Crippen LogP contribution in [-0.4, -0.2) is 23.0 Å². The lowest BCUT2D eigenvalue weighted by molar-refractivity contribution is -0.143. The van der Waals surface area contributed by atoms with E-state index in [1.165, 1.54) is 0 Å². The van der Waals surface area contributed by atoms with E-state index in [0.717, 1.165) is 5.56 Å². The van der Waals surface area contributed by atoms with Crippen molar-refractivity contribution in [2.24, 2.45) is 5.92 Å². The lowest BCUT2D eigenvalue weighted by Gasteiger charge is -2.22. The summed E-state index contributed by atoms with van der Waals surface area (Å²) in [6.07, 6.45) is 0.639. The number of carbonyl (C=O) groups is 2. The molecular formula is C15H21NO3. The second kappa shape index (κ2) is 6.92. The zero-order chi connectivity index (χ0) is 14.4. The summed E-state index contributed by atoms with van der Waals surface area (Å²) >= 11 is 0. The zero-order valence-electron chi connectivity index (χ0n) is 11.6. The Balaban J connectivity index is 2.83. The monoisotopic (exact) mass is 263 g/mol. The molecule has 0 aliphatic carbocycles. The van der Waals surface area contributed by atoms with E-state index in [4.69, 9.17) is 5.11 Å². The summed E-state index contributed by atoms with van der Waals surface area (Å²) < 4.78 is 0. The van der Waals surface area contributed by atoms with Crippen molar-refractivity contribution >= 4 is 11.9 Å². The van der Waals surface area contributed by atoms with Crippen LogP contribution in [0.2, 0.25) is 0 Å². The fourth-order valence-corrected chi connectivity index (χ4v) is 2.03. The smallest absolute Gasteiger partial charge is 0.326 e. The first kappa shape index (κ1) is 15.2. The van der Waals surface area contributed by atoms with Gasteiger partial charge in [0.25, 0.3) is 0 Å². The van der Waals surface area contributed by atoms with Crippen LogP contribution in [0.5, 0.6) is 0 Å². The van der Waals surface area contributed by atoms with Crippen LogP contribution in [0.3, 0.4) is 0 Å². The summed E-state index contributed by atoms with van der Waals surface area (Å²) in [5, 5.41) is 11.7. The van der Waals surface area contributed by atoms with Gasteiger partial charge in [-0.3, -0.25) is 4.79 Å². The molecule has 0 saturated carbocycles. The van der Waals surface area contributed by atoms with Crippen molar-refractivity contribution in [1.82, 2.24) is 5.32 Å². The van der Waals surface area contributed by atoms with Crippen LogP contribution in [-0.2, 0) is 9.59 Å². The topological polar surface area (TPSA) is 66.4 Å². The number of carboxylic acids is 1. The van der Waals surface area contributed by atoms with Crippen molar-refractivity contribution in [3.63, 3.8) is 0 Å². The minimum absolute atomic E-state index is 0.144. The van der Waals surface area contributed by atoms with Gasteiger partial charge >= 0.3 is 5.97 Å². The summed E-state index contributed by atoms with van der Waals surface area (Å²) in [5.74, 6) is -1.67. The van der Waals surface area contributed by atoms with Gasteiger partial charge in [-0.25, -0.2) is 4.79 Å². The van der Waals surface area contributed by atoms with Gasteiger partial charge in [0.2, 0.25) is 5.91 Å². The highest BCUT2D eigenvalue weighted by Crippen LogP contribution is 2.20. The highest BCUT2D eigenvalue weighted by Gasteiger charge is 2.27. The van der Waals surface area contributed by atoms with E-state index in [1.54, 1.807) is 13.8 Å². The summed E-state index contributed by atoms with van der Waals surface area (Å²) in [4.78, 5) is 23.3. The second-order valence-electron chi connectivity index (χ2n) is 4.94. The average Bonchev–Trinajstić information content (AvgIpc) is 2.37. The molecule has 0 spiro atoms. The minimum atomic E-state index is -0.994. The van der Waals surface area contributed by atoms with E-state index >= 15 is 0 Å². The van der Waals surface area contributed by atoms with Gasteiger partial charge < -0.3 is 10.4 Å². The summed E-state index contributed by atoms with van der Waals surface area (Å²) in [5.41, 5.74) is 0.912. The fourth-order valence-electron chi connectivity index (χ4n) is 2.03. The van der Waals surface area contributed by atoms with E-state index in [0.29, 0.717) is 6.42 Å². The first-order chi connectivity index (χ1) is 8.97. The number of rotatable bonds is 6. The molecule has 2 N–H and O–H groups in total. The van der Waals surface area contributed by atoms with Crippen LogP contribution in [0.25, 0.3) is 0 Å². The molecule has 1 aromatic rings. The Morgan fingerprint density at radius 3 is 2.21 bits per heavy atom. The first-order valence-corrected chi connectivity index (χ1v) is 6.55. The van der Waals surface area contributed by atoms with Gasteiger partial charge in [0.15, 0.2) is 0 Å². The molecule has 1 aromatic carbocycles. The number of aliphatic carboxylic acids is 1. The molecule has 19 heavy (non-hydrogen) atoms. The number of benzene rings is 1. The maximum Gasteiger partial charge on any atom is 0.326 e. The maximum atomic E-state index is 12.2. The molecule has 1 amide bonds. The van der Waals surface area contributed by atoms with E-state index < -0.39 is 12.0 Å². The normalized spacial score (nSPS) is 13.9. The van der Waals surface area contributed by atoms with Crippen molar-refractivity contribution in [3.8, 4) is 0 Å². The van der Waals surface area contributed by atoms with E-state index in [1.807, 2.05) is 37.3 Å². The summed E-state index contributed by atoms with van der Waals surface area (Å²) in [6, 6.07) is 8.58. The summed E-state index contributed by atoms with van der Waals surface area (Å²) in [7, 11) is 0. The lowest BCUT2D eigenvalue weighted by Crippen LogP contribution is -2.46. The molecule has 4 nitrogen and oxygen atoms in total. The van der Waals surface area contributed by atoms with E-state index in [2.05, 4.69) is 5.32 Å². The third-order valence-electron chi connectivity index (χ3n) is 3.16. The lowest BCUT2D eigenvalue weighted by atomic mass is 9.94. The Bertz CT molecular complexity index is 428. The molecule has 0 aromatic heterocycles. The van der Waals surface area contributed by atoms with Crippen molar-refractivity contribution in [3.05, 3.63) is 35.9 Å². The molecule has 2 atom stereocenters. The van der Waals surface area contributed by atoms with Gasteiger partial charge in [0.05, 0.1) is 5.92 Å². The second-order valence-corrected chi connectivity index (χ2v) is 4.94. The van der Waals surface area contributed by atoms with Crippen LogP contribution in [0.4, 0.5) is 0 Å². The van der Waals surface area contributed by atoms with Gasteiger partial charge in [0.1, 0.15) is 6.04 Å². The number of carbonyl (C=O) groups excluding carboxylic acids is 1. The Morgan fingerprint density at radius 1 is 1.21 bits per heavy atom. The van der Waals surface area contributed by atoms with Crippen LogP contribution in [0, 0.1) is 5.92 Å². The third kappa shape index (κ3) is 4.09. The van der Waals surface area contributed by atoms with Gasteiger partial charge in [0, 0.05) is 0 Å². The van der Waals surface area contributed by atoms with Gasteiger partial charge in [-0.05, 0) is 17.9 Å². The standard InChI is InChI=1S/C15H21NO3/c1-4-12(11-8-6-5-7-9-11)14(17)16-13(10(2)3)15(18)19/h5-10,12-13H,4H2,1-3H3,(H,16,17)(H,18,19). The molecule has 104 valence electrons. The molecule has 0 heterocycles. The predicted molar refractivity (Wildman–Crippen MR) is 73.9 cm³/mol. The highest BCUT2D eigenvalue weighted by molar-refractivity contribution is 5.88. The van der Waals surface area contributed by atoms with Crippen LogP contribution in [0.15, 0.2) is 30.3 Å². The molecule has 0 fully saturated rings. The average molecular weight is 263 g/mol. The SMILES string of the molecule is CCC(C(=O)NC(C(=O)O)C(C)C)c1ccccc1. The molecule has 0 aliphatic heterocycles. The van der Waals surface area contributed by atoms with Gasteiger partial charge in [-0.2, -0.15) is 0 Å². The molecule has 2 unspecified atom stereocenters. The third-order valence-corrected chi connectivity index (χ3v) is 3.16. The Morgan fingerprint density at radius 2 is 1.79 bits per heavy atom. The molecular weight excluding hydrogens is 242 g/mol. The van der Waals surface area contributed by atoms with Gasteiger partial charge in [-0.1, -0.05) is 51.1 Å². The molecule has 0 bridgehead atoms. The van der Waals surface area contributed by atoms with Crippen LogP contribution >= 0.6 is 0 Å². The van der Waals surface area contributed by atoms with Crippen molar-refractivity contribution in [1.29, 1.82) is 0 Å². The Labute approximate surface area is 113 Å². The number of hydrogen-bond acceptors (Lipinski definition) is 2. The van der Waals surface area contributed by atoms with Gasteiger partial charge in [-0.15, -0.1) is 0 Å². The van der Waals surface area contributed by atoms with Crippen LogP contribution < -0.4 is 5.32 Å². The molecule has 0 saturated heterocycles. The Hall–Kier alpha value is -1.84. The Kier molecular flexibility index (Phi) is 5.55. The maximum absolute atomic E-state index is 12.2. The highest BCUT2D eigenvalue weighted by atomic mass is 16.4. The molecule has 4 heteroatoms. The van der Waals surface area contributed by atoms with Crippen molar-refractivity contribution in [2.75, 3.05) is 0 Å². The van der Waals surface area contributed by atoms with E-state index in [9.17, 15) is 9.59 Å². The minimum Gasteiger partial charge on any atom is -0.480 e. The molecule has 1 rings (SSSR count). The largest absolute Gasteiger partial charge is 0.480 e. The number of carboxylic acid groups (broad SMARTS) is 1. The number of nitrogens with one attached hydrogen (secondary N) is 1. The first-order valence-electron chi connectivity index (χ1n) is 6.55. The molecule has 0 aliphatic rings. The quantitative estimate of drug-likeness (QED) is 0.828. The van der Waals surface area contributed by atoms with E-state index in [-0.39, 0.29) is 17.7 Å². The number of amides is 1. The van der Waals surface area contributed by atoms with Crippen molar-refractivity contribution in [2.45, 2.75) is 39.2 Å².